The molecule has 1 N–H and O–H groups in total. The first kappa shape index (κ1) is 23.2. The van der Waals surface area contributed by atoms with Gasteiger partial charge in [-0.25, -0.2) is 9.36 Å². The van der Waals surface area contributed by atoms with Crippen LogP contribution in [0.3, 0.4) is 0 Å². The second kappa shape index (κ2) is 9.91. The van der Waals surface area contributed by atoms with E-state index in [0.717, 1.165) is 41.7 Å². The molecule has 1 amide bonds. The lowest BCUT2D eigenvalue weighted by Gasteiger charge is -2.14. The third-order valence-corrected chi connectivity index (χ3v) is 7.74. The van der Waals surface area contributed by atoms with Gasteiger partial charge in [0.1, 0.15) is 11.4 Å². The number of rotatable bonds is 7. The molecule has 1 aromatic carbocycles. The monoisotopic (exact) mass is 465 g/mol. The zero-order chi connectivity index (χ0) is 23.5. The summed E-state index contributed by atoms with van der Waals surface area (Å²) in [6.45, 7) is 6.34. The van der Waals surface area contributed by atoms with Crippen molar-refractivity contribution in [1.29, 1.82) is 0 Å². The molecule has 2 aromatic heterocycles. The quantitative estimate of drug-likeness (QED) is 0.526. The maximum absolute atomic E-state index is 13.5. The number of hydrogen-bond acceptors (Lipinski definition) is 4. The van der Waals surface area contributed by atoms with Gasteiger partial charge < -0.3 is 5.32 Å². The van der Waals surface area contributed by atoms with Gasteiger partial charge >= 0.3 is 5.69 Å². The van der Waals surface area contributed by atoms with Crippen molar-refractivity contribution in [3.8, 4) is 5.69 Å². The third kappa shape index (κ3) is 4.74. The Morgan fingerprint density at radius 3 is 2.55 bits per heavy atom. The fourth-order valence-corrected chi connectivity index (χ4v) is 5.54. The second-order valence-corrected chi connectivity index (χ2v) is 9.90. The van der Waals surface area contributed by atoms with E-state index in [0.29, 0.717) is 22.4 Å². The van der Waals surface area contributed by atoms with Crippen LogP contribution in [0.15, 0.2) is 45.5 Å². The van der Waals surface area contributed by atoms with Gasteiger partial charge in [0, 0.05) is 11.4 Å². The van der Waals surface area contributed by atoms with Crippen LogP contribution in [0.2, 0.25) is 0 Å². The minimum atomic E-state index is -0.483. The second-order valence-electron chi connectivity index (χ2n) is 8.70. The molecule has 0 fully saturated rings. The molecule has 0 atom stereocenters. The zero-order valence-corrected chi connectivity index (χ0v) is 20.4. The summed E-state index contributed by atoms with van der Waals surface area (Å²) in [4.78, 5) is 41.2. The Hall–Kier alpha value is -2.93. The van der Waals surface area contributed by atoms with Crippen LogP contribution in [0, 0.1) is 13.8 Å². The molecule has 0 bridgehead atoms. The Morgan fingerprint density at radius 2 is 1.88 bits per heavy atom. The van der Waals surface area contributed by atoms with E-state index in [4.69, 9.17) is 0 Å². The molecule has 0 spiro atoms. The minimum Gasteiger partial charge on any atom is -0.354 e. The Balaban J connectivity index is 1.68. The molecule has 0 aliphatic heterocycles. The summed E-state index contributed by atoms with van der Waals surface area (Å²) in [5, 5.41) is 3.47. The smallest absolute Gasteiger partial charge is 0.337 e. The van der Waals surface area contributed by atoms with E-state index in [-0.39, 0.29) is 18.0 Å². The molecule has 4 rings (SSSR count). The Labute approximate surface area is 197 Å². The number of aryl methyl sites for hydroxylation is 3. The van der Waals surface area contributed by atoms with Crippen LogP contribution in [0.1, 0.15) is 55.0 Å². The summed E-state index contributed by atoms with van der Waals surface area (Å²) in [5.41, 5.74) is 3.09. The van der Waals surface area contributed by atoms with Crippen molar-refractivity contribution < 1.29 is 4.79 Å². The standard InChI is InChI=1S/C26H31N3O3S/c1-4-19-10-12-21(13-11-19)29-24(31)23-17(2)18(3)33-25(23)28(26(29)32)16-22(30)27-15-14-20-8-6-5-7-9-20/h8,10-13H,4-7,9,14-16H2,1-3H3,(H,27,30). The molecular formula is C26H31N3O3S. The molecule has 0 radical (unpaired) electrons. The van der Waals surface area contributed by atoms with E-state index < -0.39 is 5.69 Å². The first-order valence-electron chi connectivity index (χ1n) is 11.7. The number of benzene rings is 1. The highest BCUT2D eigenvalue weighted by Crippen LogP contribution is 2.27. The van der Waals surface area contributed by atoms with Gasteiger partial charge in [0.15, 0.2) is 0 Å². The minimum absolute atomic E-state index is 0.110. The number of fused-ring (bicyclic) bond motifs is 1. The van der Waals surface area contributed by atoms with Crippen molar-refractivity contribution in [3.63, 3.8) is 0 Å². The van der Waals surface area contributed by atoms with Crippen molar-refractivity contribution in [2.45, 2.75) is 65.8 Å². The molecular weight excluding hydrogens is 434 g/mol. The van der Waals surface area contributed by atoms with E-state index >= 15 is 0 Å². The van der Waals surface area contributed by atoms with Gasteiger partial charge in [-0.1, -0.05) is 30.7 Å². The Morgan fingerprint density at radius 1 is 1.12 bits per heavy atom. The molecule has 7 heteroatoms. The predicted octanol–water partition coefficient (Wildman–Crippen LogP) is 4.40. The highest BCUT2D eigenvalue weighted by molar-refractivity contribution is 7.18. The van der Waals surface area contributed by atoms with Gasteiger partial charge in [-0.05, 0) is 75.6 Å². The van der Waals surface area contributed by atoms with Crippen LogP contribution in [-0.2, 0) is 17.8 Å². The number of hydrogen-bond donors (Lipinski definition) is 1. The molecule has 1 aliphatic rings. The van der Waals surface area contributed by atoms with Gasteiger partial charge in [-0.3, -0.25) is 14.2 Å². The average molecular weight is 466 g/mol. The highest BCUT2D eigenvalue weighted by Gasteiger charge is 2.21. The third-order valence-electron chi connectivity index (χ3n) is 6.51. The number of amides is 1. The van der Waals surface area contributed by atoms with E-state index in [1.165, 1.54) is 38.9 Å². The fourth-order valence-electron chi connectivity index (χ4n) is 4.40. The highest BCUT2D eigenvalue weighted by atomic mass is 32.1. The van der Waals surface area contributed by atoms with Gasteiger partial charge in [0.25, 0.3) is 5.56 Å². The molecule has 1 aliphatic carbocycles. The van der Waals surface area contributed by atoms with E-state index in [9.17, 15) is 14.4 Å². The number of thiophene rings is 1. The normalized spacial score (nSPS) is 13.8. The van der Waals surface area contributed by atoms with E-state index in [1.54, 1.807) is 12.1 Å². The first-order chi connectivity index (χ1) is 15.9. The van der Waals surface area contributed by atoms with Crippen molar-refractivity contribution in [2.75, 3.05) is 6.54 Å². The molecule has 0 saturated heterocycles. The topological polar surface area (TPSA) is 73.1 Å². The van der Waals surface area contributed by atoms with Gasteiger partial charge in [-0.2, -0.15) is 0 Å². The summed E-state index contributed by atoms with van der Waals surface area (Å²) in [5.74, 6) is -0.218. The summed E-state index contributed by atoms with van der Waals surface area (Å²) < 4.78 is 2.64. The van der Waals surface area contributed by atoms with Gasteiger partial charge in [-0.15, -0.1) is 11.3 Å². The van der Waals surface area contributed by atoms with Crippen molar-refractivity contribution in [1.82, 2.24) is 14.5 Å². The maximum atomic E-state index is 13.5. The summed E-state index contributed by atoms with van der Waals surface area (Å²) in [6, 6.07) is 7.44. The van der Waals surface area contributed by atoms with Crippen LogP contribution in [0.25, 0.3) is 15.9 Å². The zero-order valence-electron chi connectivity index (χ0n) is 19.6. The van der Waals surface area contributed by atoms with Crippen molar-refractivity contribution in [3.05, 3.63) is 72.8 Å². The summed E-state index contributed by atoms with van der Waals surface area (Å²) in [6.07, 6.45) is 8.67. The van der Waals surface area contributed by atoms with Crippen molar-refractivity contribution >= 4 is 27.5 Å². The molecule has 0 unspecified atom stereocenters. The molecule has 6 nitrogen and oxygen atoms in total. The van der Waals surface area contributed by atoms with Gasteiger partial charge in [0.2, 0.25) is 5.91 Å². The molecule has 2 heterocycles. The maximum Gasteiger partial charge on any atom is 0.337 e. The van der Waals surface area contributed by atoms with Crippen LogP contribution in [0.5, 0.6) is 0 Å². The lowest BCUT2D eigenvalue weighted by molar-refractivity contribution is -0.121. The number of aromatic nitrogens is 2. The van der Waals surface area contributed by atoms with Crippen LogP contribution in [0.4, 0.5) is 0 Å². The number of nitrogens with zero attached hydrogens (tertiary/aromatic N) is 2. The molecule has 3 aromatic rings. The fraction of sp³-hybridized carbons (Fsp3) is 0.423. The Bertz CT molecular complexity index is 1330. The largest absolute Gasteiger partial charge is 0.354 e. The number of carbonyl (C=O) groups is 1. The average Bonchev–Trinajstić information content (AvgIpc) is 3.12. The number of allylic oxidation sites excluding steroid dienone is 1. The lowest BCUT2D eigenvalue weighted by Crippen LogP contribution is -2.41. The van der Waals surface area contributed by atoms with E-state index in [1.807, 2.05) is 26.0 Å². The van der Waals surface area contributed by atoms with Crippen LogP contribution >= 0.6 is 11.3 Å². The number of carbonyl (C=O) groups excluding carboxylic acids is 1. The summed E-state index contributed by atoms with van der Waals surface area (Å²) >= 11 is 1.39. The summed E-state index contributed by atoms with van der Waals surface area (Å²) in [7, 11) is 0. The van der Waals surface area contributed by atoms with Crippen LogP contribution < -0.4 is 16.6 Å². The lowest BCUT2D eigenvalue weighted by atomic mass is 9.97. The van der Waals surface area contributed by atoms with Crippen LogP contribution in [-0.4, -0.2) is 21.6 Å². The van der Waals surface area contributed by atoms with E-state index in [2.05, 4.69) is 18.3 Å². The van der Waals surface area contributed by atoms with Crippen molar-refractivity contribution in [2.24, 2.45) is 0 Å². The number of nitrogens with one attached hydrogen (secondary N) is 1. The Kier molecular flexibility index (Phi) is 6.98. The SMILES string of the molecule is CCc1ccc(-n2c(=O)c3c(C)c(C)sc3n(CC(=O)NCCC3=CCCCC3)c2=O)cc1. The first-order valence-corrected chi connectivity index (χ1v) is 12.5. The predicted molar refractivity (Wildman–Crippen MR) is 135 cm³/mol. The van der Waals surface area contributed by atoms with Gasteiger partial charge in [0.05, 0.1) is 11.1 Å². The molecule has 174 valence electrons. The molecule has 0 saturated carbocycles. The molecule has 33 heavy (non-hydrogen) atoms.